The first-order chi connectivity index (χ1) is 8.54. The van der Waals surface area contributed by atoms with Crippen molar-refractivity contribution in [2.75, 3.05) is 20.3 Å². The van der Waals surface area contributed by atoms with Crippen molar-refractivity contribution in [2.24, 2.45) is 0 Å². The lowest BCUT2D eigenvalue weighted by atomic mass is 10.2. The summed E-state index contributed by atoms with van der Waals surface area (Å²) in [5.41, 5.74) is 0.956. The van der Waals surface area contributed by atoms with Gasteiger partial charge in [0.25, 0.3) is 0 Å². The molecule has 1 aromatic carbocycles. The molecule has 5 heteroatoms. The third kappa shape index (κ3) is 5.02. The molecule has 0 saturated heterocycles. The quantitative estimate of drug-likeness (QED) is 0.780. The maximum absolute atomic E-state index is 6.15. The van der Waals surface area contributed by atoms with Crippen LogP contribution in [0.5, 0.6) is 5.75 Å². The van der Waals surface area contributed by atoms with Crippen LogP contribution in [0.15, 0.2) is 12.1 Å². The van der Waals surface area contributed by atoms with E-state index < -0.39 is 0 Å². The topological polar surface area (TPSA) is 30.5 Å². The Labute approximate surface area is 118 Å². The lowest BCUT2D eigenvalue weighted by molar-refractivity contribution is 0.145. The molecule has 1 N–H and O–H groups in total. The second-order valence-corrected chi connectivity index (χ2v) is 5.10. The van der Waals surface area contributed by atoms with Crippen molar-refractivity contribution < 1.29 is 9.47 Å². The van der Waals surface area contributed by atoms with Crippen LogP contribution in [0, 0.1) is 0 Å². The van der Waals surface area contributed by atoms with Crippen LogP contribution in [0.3, 0.4) is 0 Å². The maximum Gasteiger partial charge on any atom is 0.142 e. The number of rotatable bonds is 7. The monoisotopic (exact) mass is 291 g/mol. The summed E-state index contributed by atoms with van der Waals surface area (Å²) in [4.78, 5) is 0. The van der Waals surface area contributed by atoms with Crippen molar-refractivity contribution in [1.29, 1.82) is 0 Å². The predicted octanol–water partition coefficient (Wildman–Crippen LogP) is 3.52. The Balaban J connectivity index is 2.83. The van der Waals surface area contributed by atoms with Gasteiger partial charge in [0.1, 0.15) is 12.4 Å². The van der Waals surface area contributed by atoms with Crippen molar-refractivity contribution in [1.82, 2.24) is 5.32 Å². The molecule has 102 valence electrons. The van der Waals surface area contributed by atoms with Crippen LogP contribution in [0.25, 0.3) is 0 Å². The molecule has 0 bridgehead atoms. The lowest BCUT2D eigenvalue weighted by Crippen LogP contribution is -2.22. The molecule has 0 saturated carbocycles. The first kappa shape index (κ1) is 15.6. The fourth-order valence-corrected chi connectivity index (χ4v) is 2.04. The van der Waals surface area contributed by atoms with Crippen LogP contribution >= 0.6 is 23.2 Å². The number of nitrogens with one attached hydrogen (secondary N) is 1. The Morgan fingerprint density at radius 2 is 1.94 bits per heavy atom. The summed E-state index contributed by atoms with van der Waals surface area (Å²) in [5.74, 6) is 0.672. The van der Waals surface area contributed by atoms with E-state index in [0.717, 1.165) is 5.56 Å². The largest absolute Gasteiger partial charge is 0.489 e. The zero-order valence-electron chi connectivity index (χ0n) is 10.9. The van der Waals surface area contributed by atoms with Gasteiger partial charge in [-0.2, -0.15) is 0 Å². The van der Waals surface area contributed by atoms with Crippen LogP contribution in [0.2, 0.25) is 10.0 Å². The van der Waals surface area contributed by atoms with Crippen molar-refractivity contribution >= 4 is 23.2 Å². The van der Waals surface area contributed by atoms with E-state index >= 15 is 0 Å². The minimum Gasteiger partial charge on any atom is -0.489 e. The van der Waals surface area contributed by atoms with Crippen molar-refractivity contribution in [3.63, 3.8) is 0 Å². The molecule has 1 aromatic rings. The Morgan fingerprint density at radius 3 is 2.56 bits per heavy atom. The number of ether oxygens (including phenoxy) is 2. The third-order valence-electron chi connectivity index (χ3n) is 2.32. The van der Waals surface area contributed by atoms with Crippen molar-refractivity contribution in [3.05, 3.63) is 27.7 Å². The van der Waals surface area contributed by atoms with Gasteiger partial charge in [0.2, 0.25) is 0 Å². The summed E-state index contributed by atoms with van der Waals surface area (Å²) in [6.45, 7) is 5.82. The number of halogens is 2. The van der Waals surface area contributed by atoms with Gasteiger partial charge in [-0.3, -0.25) is 0 Å². The van der Waals surface area contributed by atoms with Crippen LogP contribution < -0.4 is 10.1 Å². The number of benzene rings is 1. The van der Waals surface area contributed by atoms with Gasteiger partial charge in [0.15, 0.2) is 0 Å². The highest BCUT2D eigenvalue weighted by Crippen LogP contribution is 2.32. The first-order valence-electron chi connectivity index (χ1n) is 5.87. The van der Waals surface area contributed by atoms with Gasteiger partial charge >= 0.3 is 0 Å². The Hall–Kier alpha value is -0.480. The summed E-state index contributed by atoms with van der Waals surface area (Å²) in [6.07, 6.45) is 0. The fraction of sp³-hybridized carbons (Fsp3) is 0.538. The minimum atomic E-state index is 0.384. The number of methoxy groups -OCH3 is 1. The second kappa shape index (κ2) is 7.85. The highest BCUT2D eigenvalue weighted by molar-refractivity contribution is 6.35. The number of hydrogen-bond acceptors (Lipinski definition) is 3. The van der Waals surface area contributed by atoms with E-state index in [0.29, 0.717) is 41.6 Å². The Bertz CT molecular complexity index is 383. The van der Waals surface area contributed by atoms with Crippen molar-refractivity contribution in [2.45, 2.75) is 26.4 Å². The van der Waals surface area contributed by atoms with E-state index in [9.17, 15) is 0 Å². The van der Waals surface area contributed by atoms with Crippen LogP contribution in [0.4, 0.5) is 0 Å². The van der Waals surface area contributed by atoms with Gasteiger partial charge in [-0.25, -0.2) is 0 Å². The predicted molar refractivity (Wildman–Crippen MR) is 75.8 cm³/mol. The highest BCUT2D eigenvalue weighted by atomic mass is 35.5. The highest BCUT2D eigenvalue weighted by Gasteiger charge is 2.11. The standard InChI is InChI=1S/C13H19Cl2NO2/c1-9(2)16-8-10-6-11(14)7-12(15)13(10)18-5-4-17-3/h6-7,9,16H,4-5,8H2,1-3H3. The SMILES string of the molecule is COCCOc1c(Cl)cc(Cl)cc1CNC(C)C. The minimum absolute atomic E-state index is 0.384. The molecule has 0 unspecified atom stereocenters. The molecule has 0 radical (unpaired) electrons. The van der Waals surface area contributed by atoms with Gasteiger partial charge in [0.05, 0.1) is 11.6 Å². The molecule has 0 aliphatic rings. The van der Waals surface area contributed by atoms with E-state index in [-0.39, 0.29) is 0 Å². The van der Waals surface area contributed by atoms with E-state index in [1.54, 1.807) is 13.2 Å². The van der Waals surface area contributed by atoms with Crippen LogP contribution in [0.1, 0.15) is 19.4 Å². The first-order valence-corrected chi connectivity index (χ1v) is 6.63. The van der Waals surface area contributed by atoms with Gasteiger partial charge in [-0.05, 0) is 12.1 Å². The normalized spacial score (nSPS) is 11.0. The average molecular weight is 292 g/mol. The summed E-state index contributed by atoms with van der Waals surface area (Å²) < 4.78 is 10.6. The molecule has 0 aliphatic carbocycles. The van der Waals surface area contributed by atoms with Gasteiger partial charge in [0, 0.05) is 30.3 Å². The molecule has 0 amide bonds. The van der Waals surface area contributed by atoms with Gasteiger partial charge < -0.3 is 14.8 Å². The van der Waals surface area contributed by atoms with Crippen LogP contribution in [-0.2, 0) is 11.3 Å². The molecule has 18 heavy (non-hydrogen) atoms. The van der Waals surface area contributed by atoms with E-state index in [2.05, 4.69) is 19.2 Å². The van der Waals surface area contributed by atoms with Crippen LogP contribution in [-0.4, -0.2) is 26.4 Å². The average Bonchev–Trinajstić information content (AvgIpc) is 2.29. The molecule has 0 atom stereocenters. The Morgan fingerprint density at radius 1 is 1.22 bits per heavy atom. The molecule has 0 aromatic heterocycles. The van der Waals surface area contributed by atoms with E-state index in [4.69, 9.17) is 32.7 Å². The fourth-order valence-electron chi connectivity index (χ4n) is 1.45. The Kier molecular flexibility index (Phi) is 6.79. The maximum atomic E-state index is 6.15. The van der Waals surface area contributed by atoms with E-state index in [1.807, 2.05) is 6.07 Å². The summed E-state index contributed by atoms with van der Waals surface area (Å²) in [5, 5.41) is 4.46. The number of hydrogen-bond donors (Lipinski definition) is 1. The molecule has 0 spiro atoms. The van der Waals surface area contributed by atoms with Gasteiger partial charge in [-0.1, -0.05) is 37.0 Å². The summed E-state index contributed by atoms with van der Waals surface area (Å²) in [6, 6.07) is 3.93. The van der Waals surface area contributed by atoms with Gasteiger partial charge in [-0.15, -0.1) is 0 Å². The zero-order valence-corrected chi connectivity index (χ0v) is 12.4. The summed E-state index contributed by atoms with van der Waals surface area (Å²) >= 11 is 12.2. The molecule has 0 fully saturated rings. The molecule has 3 nitrogen and oxygen atoms in total. The van der Waals surface area contributed by atoms with E-state index in [1.165, 1.54) is 0 Å². The molecule has 0 aliphatic heterocycles. The zero-order chi connectivity index (χ0) is 13.5. The molecule has 0 heterocycles. The molecular weight excluding hydrogens is 273 g/mol. The molecular formula is C13H19Cl2NO2. The smallest absolute Gasteiger partial charge is 0.142 e. The molecule has 1 rings (SSSR count). The lowest BCUT2D eigenvalue weighted by Gasteiger charge is -2.15. The second-order valence-electron chi connectivity index (χ2n) is 4.25. The summed E-state index contributed by atoms with van der Waals surface area (Å²) in [7, 11) is 1.63. The van der Waals surface area contributed by atoms with Crippen molar-refractivity contribution in [3.8, 4) is 5.75 Å². The third-order valence-corrected chi connectivity index (χ3v) is 2.82.